The zero-order valence-corrected chi connectivity index (χ0v) is 20.4. The number of rotatable bonds is 9. The van der Waals surface area contributed by atoms with Crippen LogP contribution in [0, 0.1) is 6.92 Å². The molecule has 1 saturated heterocycles. The predicted octanol–water partition coefficient (Wildman–Crippen LogP) is 4.20. The van der Waals surface area contributed by atoms with Gasteiger partial charge in [0.05, 0.1) is 6.61 Å². The van der Waals surface area contributed by atoms with Crippen molar-refractivity contribution >= 4 is 29.9 Å². The van der Waals surface area contributed by atoms with Crippen LogP contribution in [0.5, 0.6) is 5.75 Å². The van der Waals surface area contributed by atoms with Crippen LogP contribution in [0.3, 0.4) is 0 Å². The van der Waals surface area contributed by atoms with E-state index in [1.165, 1.54) is 31.5 Å². The molecular formula is C22H39IN4O. The number of likely N-dealkylation sites (tertiary alicyclic amines) is 1. The summed E-state index contributed by atoms with van der Waals surface area (Å²) in [6.07, 6.45) is 4.43. The summed E-state index contributed by atoms with van der Waals surface area (Å²) in [6.45, 7) is 13.6. The van der Waals surface area contributed by atoms with Gasteiger partial charge < -0.3 is 20.3 Å². The van der Waals surface area contributed by atoms with Gasteiger partial charge in [-0.25, -0.2) is 0 Å². The lowest BCUT2D eigenvalue weighted by atomic mass is 10.0. The number of hydrogen-bond donors (Lipinski definition) is 2. The van der Waals surface area contributed by atoms with Gasteiger partial charge in [-0.1, -0.05) is 17.7 Å². The molecule has 1 fully saturated rings. The van der Waals surface area contributed by atoms with Crippen molar-refractivity contribution in [2.75, 3.05) is 32.8 Å². The topological polar surface area (TPSA) is 48.9 Å². The van der Waals surface area contributed by atoms with E-state index in [1.807, 2.05) is 12.1 Å². The molecule has 1 aliphatic rings. The minimum atomic E-state index is 0. The molecule has 1 aromatic carbocycles. The molecule has 0 amide bonds. The van der Waals surface area contributed by atoms with Gasteiger partial charge in [0.2, 0.25) is 0 Å². The number of ether oxygens (including phenoxy) is 1. The number of nitrogens with zero attached hydrogens (tertiary/aromatic N) is 2. The maximum absolute atomic E-state index is 5.78. The van der Waals surface area contributed by atoms with Gasteiger partial charge in [-0.3, -0.25) is 4.99 Å². The van der Waals surface area contributed by atoms with E-state index in [4.69, 9.17) is 9.73 Å². The fourth-order valence-corrected chi connectivity index (χ4v) is 3.30. The van der Waals surface area contributed by atoms with E-state index in [1.54, 1.807) is 0 Å². The summed E-state index contributed by atoms with van der Waals surface area (Å²) in [5.74, 6) is 1.91. The predicted molar refractivity (Wildman–Crippen MR) is 130 cm³/mol. The van der Waals surface area contributed by atoms with Crippen molar-refractivity contribution in [2.45, 2.75) is 65.5 Å². The van der Waals surface area contributed by atoms with E-state index < -0.39 is 0 Å². The standard InChI is InChI=1S/C22H38N4O.HI/c1-5-23-22(25-20-12-15-26(16-13-20)18(2)3)24-14-6-7-17-27-21-10-8-19(4)9-11-21;/h8-11,18,20H,5-7,12-17H2,1-4H3,(H2,23,24,25);1H. The Hall–Kier alpha value is -1.02. The van der Waals surface area contributed by atoms with Crippen LogP contribution >= 0.6 is 24.0 Å². The Labute approximate surface area is 188 Å². The van der Waals surface area contributed by atoms with Crippen LogP contribution in [0.15, 0.2) is 29.3 Å². The lowest BCUT2D eigenvalue weighted by Crippen LogP contribution is -2.49. The maximum Gasteiger partial charge on any atom is 0.191 e. The number of aliphatic imine (C=N–C) groups is 1. The Morgan fingerprint density at radius 1 is 1.18 bits per heavy atom. The van der Waals surface area contributed by atoms with Crippen LogP contribution in [-0.4, -0.2) is 55.7 Å². The molecular weight excluding hydrogens is 463 g/mol. The molecule has 0 saturated carbocycles. The first-order valence-electron chi connectivity index (χ1n) is 10.6. The first-order valence-corrected chi connectivity index (χ1v) is 10.6. The van der Waals surface area contributed by atoms with Gasteiger partial charge in [0.25, 0.3) is 0 Å². The van der Waals surface area contributed by atoms with Gasteiger partial charge in [-0.05, 0) is 65.5 Å². The zero-order chi connectivity index (χ0) is 19.5. The number of nitrogens with one attached hydrogen (secondary N) is 2. The molecule has 0 spiro atoms. The molecule has 0 atom stereocenters. The van der Waals surface area contributed by atoms with Crippen LogP contribution in [0.2, 0.25) is 0 Å². The summed E-state index contributed by atoms with van der Waals surface area (Å²) in [5, 5.41) is 7.00. The molecule has 1 heterocycles. The number of aryl methyl sites for hydroxylation is 1. The van der Waals surface area contributed by atoms with E-state index in [0.29, 0.717) is 12.1 Å². The van der Waals surface area contributed by atoms with Crippen LogP contribution in [0.1, 0.15) is 52.0 Å². The summed E-state index contributed by atoms with van der Waals surface area (Å²) in [5.41, 5.74) is 1.26. The monoisotopic (exact) mass is 502 g/mol. The van der Waals surface area contributed by atoms with Crippen molar-refractivity contribution in [3.05, 3.63) is 29.8 Å². The smallest absolute Gasteiger partial charge is 0.191 e. The molecule has 6 heteroatoms. The van der Waals surface area contributed by atoms with E-state index >= 15 is 0 Å². The maximum atomic E-state index is 5.78. The number of benzene rings is 1. The molecule has 0 unspecified atom stereocenters. The minimum Gasteiger partial charge on any atom is -0.494 e. The van der Waals surface area contributed by atoms with Gasteiger partial charge in [0.1, 0.15) is 5.75 Å². The summed E-state index contributed by atoms with van der Waals surface area (Å²) in [7, 11) is 0. The number of piperidine rings is 1. The molecule has 0 aliphatic carbocycles. The van der Waals surface area contributed by atoms with Crippen molar-refractivity contribution < 1.29 is 4.74 Å². The normalized spacial score (nSPS) is 16.0. The van der Waals surface area contributed by atoms with Crippen LogP contribution in [0.25, 0.3) is 0 Å². The zero-order valence-electron chi connectivity index (χ0n) is 18.0. The highest BCUT2D eigenvalue weighted by Crippen LogP contribution is 2.13. The number of unbranched alkanes of at least 4 members (excludes halogenated alkanes) is 1. The molecule has 2 N–H and O–H groups in total. The van der Waals surface area contributed by atoms with Crippen LogP contribution in [0.4, 0.5) is 0 Å². The molecule has 0 aromatic heterocycles. The highest BCUT2D eigenvalue weighted by molar-refractivity contribution is 14.0. The largest absolute Gasteiger partial charge is 0.494 e. The third-order valence-electron chi connectivity index (χ3n) is 5.06. The van der Waals surface area contributed by atoms with E-state index in [9.17, 15) is 0 Å². The highest BCUT2D eigenvalue weighted by Gasteiger charge is 2.21. The third kappa shape index (κ3) is 9.45. The number of halogens is 1. The highest BCUT2D eigenvalue weighted by atomic mass is 127. The lowest BCUT2D eigenvalue weighted by Gasteiger charge is -2.35. The van der Waals surface area contributed by atoms with Crippen molar-refractivity contribution in [1.29, 1.82) is 0 Å². The Morgan fingerprint density at radius 2 is 1.86 bits per heavy atom. The molecule has 0 bridgehead atoms. The Morgan fingerprint density at radius 3 is 2.46 bits per heavy atom. The van der Waals surface area contributed by atoms with Gasteiger partial charge in [-0.15, -0.1) is 24.0 Å². The van der Waals surface area contributed by atoms with Gasteiger partial charge in [-0.2, -0.15) is 0 Å². The van der Waals surface area contributed by atoms with Crippen molar-refractivity contribution in [1.82, 2.24) is 15.5 Å². The molecule has 28 heavy (non-hydrogen) atoms. The second-order valence-electron chi connectivity index (χ2n) is 7.68. The second-order valence-corrected chi connectivity index (χ2v) is 7.68. The molecule has 5 nitrogen and oxygen atoms in total. The van der Waals surface area contributed by atoms with E-state index in [2.05, 4.69) is 55.4 Å². The Bertz CT molecular complexity index is 554. The molecule has 1 aliphatic heterocycles. The average molecular weight is 502 g/mol. The first kappa shape index (κ1) is 25.0. The average Bonchev–Trinajstić information content (AvgIpc) is 2.66. The molecule has 0 radical (unpaired) electrons. The van der Waals surface area contributed by atoms with Gasteiger partial charge in [0, 0.05) is 38.3 Å². The lowest BCUT2D eigenvalue weighted by molar-refractivity contribution is 0.167. The van der Waals surface area contributed by atoms with Crippen LogP contribution < -0.4 is 15.4 Å². The summed E-state index contributed by atoms with van der Waals surface area (Å²) in [6, 6.07) is 9.41. The number of hydrogen-bond acceptors (Lipinski definition) is 3. The second kappa shape index (κ2) is 14.0. The molecule has 2 rings (SSSR count). The first-order chi connectivity index (χ1) is 13.1. The molecule has 1 aromatic rings. The SMILES string of the molecule is CCNC(=NCCCCOc1ccc(C)cc1)NC1CCN(C(C)C)CC1.I. The van der Waals surface area contributed by atoms with Gasteiger partial charge >= 0.3 is 0 Å². The summed E-state index contributed by atoms with van der Waals surface area (Å²) in [4.78, 5) is 7.29. The van der Waals surface area contributed by atoms with Crippen molar-refractivity contribution in [3.8, 4) is 5.75 Å². The quantitative estimate of drug-likeness (QED) is 0.230. The Balaban J connectivity index is 0.00000392. The van der Waals surface area contributed by atoms with Crippen molar-refractivity contribution in [3.63, 3.8) is 0 Å². The van der Waals surface area contributed by atoms with Crippen molar-refractivity contribution in [2.24, 2.45) is 4.99 Å². The molecule has 160 valence electrons. The van der Waals surface area contributed by atoms with E-state index in [0.717, 1.165) is 44.2 Å². The third-order valence-corrected chi connectivity index (χ3v) is 5.06. The van der Waals surface area contributed by atoms with E-state index in [-0.39, 0.29) is 24.0 Å². The number of guanidine groups is 1. The summed E-state index contributed by atoms with van der Waals surface area (Å²) >= 11 is 0. The summed E-state index contributed by atoms with van der Waals surface area (Å²) < 4.78 is 5.78. The Kier molecular flexibility index (Phi) is 12.5. The van der Waals surface area contributed by atoms with Gasteiger partial charge in [0.15, 0.2) is 5.96 Å². The fourth-order valence-electron chi connectivity index (χ4n) is 3.30. The fraction of sp³-hybridized carbons (Fsp3) is 0.682. The van der Waals surface area contributed by atoms with Crippen LogP contribution in [-0.2, 0) is 0 Å². The minimum absolute atomic E-state index is 0.